The Hall–Kier alpha value is -3.06. The van der Waals surface area contributed by atoms with Gasteiger partial charge in [-0.25, -0.2) is 9.97 Å². The summed E-state index contributed by atoms with van der Waals surface area (Å²) in [4.78, 5) is 19.9. The molecule has 126 valence electrons. The van der Waals surface area contributed by atoms with E-state index in [9.17, 15) is 4.79 Å². The van der Waals surface area contributed by atoms with Crippen LogP contribution in [0, 0.1) is 0 Å². The minimum atomic E-state index is -0.692. The number of halogens is 1. The zero-order chi connectivity index (χ0) is 17.4. The molecular formula is C17H13ClN4O3. The van der Waals surface area contributed by atoms with Crippen molar-refractivity contribution >= 4 is 34.2 Å². The minimum Gasteiger partial charge on any atom is -0.454 e. The van der Waals surface area contributed by atoms with Gasteiger partial charge in [0.2, 0.25) is 12.6 Å². The molecule has 0 aliphatic carbocycles. The molecule has 0 unspecified atom stereocenters. The van der Waals surface area contributed by atoms with Gasteiger partial charge in [-0.1, -0.05) is 17.7 Å². The van der Waals surface area contributed by atoms with Crippen LogP contribution in [-0.4, -0.2) is 22.7 Å². The minimum absolute atomic E-state index is 0.0528. The van der Waals surface area contributed by atoms with E-state index in [1.807, 2.05) is 18.2 Å². The van der Waals surface area contributed by atoms with Crippen LogP contribution in [0.3, 0.4) is 0 Å². The Labute approximate surface area is 147 Å². The van der Waals surface area contributed by atoms with E-state index in [1.165, 1.54) is 0 Å². The average molecular weight is 357 g/mol. The summed E-state index contributed by atoms with van der Waals surface area (Å²) < 4.78 is 10.7. The van der Waals surface area contributed by atoms with E-state index in [0.717, 1.165) is 11.3 Å². The van der Waals surface area contributed by atoms with Crippen LogP contribution < -0.4 is 20.5 Å². The number of aromatic nitrogens is 2. The van der Waals surface area contributed by atoms with Gasteiger partial charge in [0.05, 0.1) is 5.52 Å². The van der Waals surface area contributed by atoms with Crippen LogP contribution in [0.4, 0.5) is 5.82 Å². The van der Waals surface area contributed by atoms with Gasteiger partial charge >= 0.3 is 0 Å². The summed E-state index contributed by atoms with van der Waals surface area (Å²) in [7, 11) is 0. The first-order valence-corrected chi connectivity index (χ1v) is 7.87. The summed E-state index contributed by atoms with van der Waals surface area (Å²) in [5.74, 6) is 1.16. The molecule has 0 fully saturated rings. The first-order chi connectivity index (χ1) is 12.1. The Kier molecular flexibility index (Phi) is 3.77. The lowest BCUT2D eigenvalue weighted by molar-refractivity contribution is 0.0991. The highest BCUT2D eigenvalue weighted by Crippen LogP contribution is 2.33. The SMILES string of the molecule is NC(=O)c1nc(NCc2ccc3c(c2)OCO3)c2cc(Cl)ccc2n1. The smallest absolute Gasteiger partial charge is 0.286 e. The number of benzene rings is 2. The Balaban J connectivity index is 1.68. The van der Waals surface area contributed by atoms with Crippen molar-refractivity contribution in [2.45, 2.75) is 6.54 Å². The van der Waals surface area contributed by atoms with E-state index in [2.05, 4.69) is 15.3 Å². The van der Waals surface area contributed by atoms with Crippen LogP contribution in [0.2, 0.25) is 5.02 Å². The molecule has 2 heterocycles. The van der Waals surface area contributed by atoms with Crippen molar-refractivity contribution in [1.82, 2.24) is 9.97 Å². The molecule has 2 aromatic carbocycles. The van der Waals surface area contributed by atoms with E-state index in [0.29, 0.717) is 34.0 Å². The number of fused-ring (bicyclic) bond motifs is 2. The molecule has 1 aliphatic heterocycles. The van der Waals surface area contributed by atoms with Gasteiger partial charge < -0.3 is 20.5 Å². The van der Waals surface area contributed by atoms with Gasteiger partial charge in [-0.3, -0.25) is 4.79 Å². The summed E-state index contributed by atoms with van der Waals surface area (Å²) in [6.07, 6.45) is 0. The van der Waals surface area contributed by atoms with E-state index in [1.54, 1.807) is 18.2 Å². The van der Waals surface area contributed by atoms with E-state index < -0.39 is 5.91 Å². The van der Waals surface area contributed by atoms with Crippen LogP contribution in [-0.2, 0) is 6.54 Å². The highest BCUT2D eigenvalue weighted by Gasteiger charge is 2.15. The van der Waals surface area contributed by atoms with Crippen LogP contribution in [0.1, 0.15) is 16.2 Å². The molecule has 25 heavy (non-hydrogen) atoms. The normalized spacial score (nSPS) is 12.4. The second-order valence-electron chi connectivity index (χ2n) is 5.46. The predicted octanol–water partition coefficient (Wildman–Crippen LogP) is 2.72. The highest BCUT2D eigenvalue weighted by atomic mass is 35.5. The van der Waals surface area contributed by atoms with Crippen molar-refractivity contribution in [3.8, 4) is 11.5 Å². The number of rotatable bonds is 4. The Morgan fingerprint density at radius 1 is 1.16 bits per heavy atom. The van der Waals surface area contributed by atoms with E-state index >= 15 is 0 Å². The number of primary amides is 1. The predicted molar refractivity (Wildman–Crippen MR) is 93.0 cm³/mol. The fourth-order valence-electron chi connectivity index (χ4n) is 2.58. The number of ether oxygens (including phenoxy) is 2. The number of nitrogens with zero attached hydrogens (tertiary/aromatic N) is 2. The quantitative estimate of drug-likeness (QED) is 0.745. The fourth-order valence-corrected chi connectivity index (χ4v) is 2.75. The Morgan fingerprint density at radius 3 is 2.84 bits per heavy atom. The van der Waals surface area contributed by atoms with Gasteiger partial charge in [-0.05, 0) is 35.9 Å². The zero-order valence-electron chi connectivity index (χ0n) is 13.0. The maximum atomic E-state index is 11.5. The van der Waals surface area contributed by atoms with Crippen molar-refractivity contribution in [2.75, 3.05) is 12.1 Å². The Bertz CT molecular complexity index is 993. The van der Waals surface area contributed by atoms with Crippen LogP contribution in [0.25, 0.3) is 10.9 Å². The van der Waals surface area contributed by atoms with Crippen molar-refractivity contribution in [3.63, 3.8) is 0 Å². The lowest BCUT2D eigenvalue weighted by Crippen LogP contribution is -2.16. The molecule has 0 saturated carbocycles. The summed E-state index contributed by atoms with van der Waals surface area (Å²) in [6.45, 7) is 0.691. The van der Waals surface area contributed by atoms with Gasteiger partial charge in [-0.2, -0.15) is 0 Å². The molecule has 0 atom stereocenters. The van der Waals surface area contributed by atoms with Gasteiger partial charge in [0.1, 0.15) is 5.82 Å². The van der Waals surface area contributed by atoms with E-state index in [-0.39, 0.29) is 12.6 Å². The average Bonchev–Trinajstić information content (AvgIpc) is 3.07. The fraction of sp³-hybridized carbons (Fsp3) is 0.118. The van der Waals surface area contributed by atoms with Gasteiger partial charge in [-0.15, -0.1) is 0 Å². The number of carbonyl (C=O) groups excluding carboxylic acids is 1. The summed E-state index contributed by atoms with van der Waals surface area (Å²) in [6, 6.07) is 10.8. The molecule has 0 saturated heterocycles. The molecule has 8 heteroatoms. The molecule has 1 aromatic heterocycles. The maximum Gasteiger partial charge on any atom is 0.286 e. The summed E-state index contributed by atoms with van der Waals surface area (Å²) >= 11 is 6.07. The van der Waals surface area contributed by atoms with Crippen molar-refractivity contribution < 1.29 is 14.3 Å². The van der Waals surface area contributed by atoms with Gasteiger partial charge in [0, 0.05) is 17.0 Å². The third kappa shape index (κ3) is 3.01. The molecule has 4 rings (SSSR count). The van der Waals surface area contributed by atoms with Crippen molar-refractivity contribution in [3.05, 3.63) is 52.8 Å². The number of anilines is 1. The topological polar surface area (TPSA) is 99.4 Å². The molecule has 1 aliphatic rings. The second-order valence-corrected chi connectivity index (χ2v) is 5.90. The monoisotopic (exact) mass is 356 g/mol. The molecular weight excluding hydrogens is 344 g/mol. The maximum absolute atomic E-state index is 11.5. The highest BCUT2D eigenvalue weighted by molar-refractivity contribution is 6.31. The van der Waals surface area contributed by atoms with Gasteiger partial charge in [0.15, 0.2) is 11.5 Å². The Morgan fingerprint density at radius 2 is 2.00 bits per heavy atom. The first-order valence-electron chi connectivity index (χ1n) is 7.49. The number of hydrogen-bond acceptors (Lipinski definition) is 6. The van der Waals surface area contributed by atoms with Crippen molar-refractivity contribution in [1.29, 1.82) is 0 Å². The third-order valence-corrected chi connectivity index (χ3v) is 4.01. The lowest BCUT2D eigenvalue weighted by atomic mass is 10.2. The number of amides is 1. The van der Waals surface area contributed by atoms with Crippen molar-refractivity contribution in [2.24, 2.45) is 5.73 Å². The molecule has 7 nitrogen and oxygen atoms in total. The van der Waals surface area contributed by atoms with Crippen LogP contribution >= 0.6 is 11.6 Å². The summed E-state index contributed by atoms with van der Waals surface area (Å²) in [5, 5.41) is 4.46. The number of nitrogens with two attached hydrogens (primary N) is 1. The molecule has 3 aromatic rings. The largest absolute Gasteiger partial charge is 0.454 e. The molecule has 0 bridgehead atoms. The standard InChI is InChI=1S/C17H13ClN4O3/c18-10-2-3-12-11(6-10)16(22-17(21-12)15(19)23)20-7-9-1-4-13-14(5-9)25-8-24-13/h1-6H,7-8H2,(H2,19,23)(H,20,21,22). The molecule has 3 N–H and O–H groups in total. The zero-order valence-corrected chi connectivity index (χ0v) is 13.7. The molecule has 1 amide bonds. The molecule has 0 spiro atoms. The van der Waals surface area contributed by atoms with Crippen LogP contribution in [0.5, 0.6) is 11.5 Å². The lowest BCUT2D eigenvalue weighted by Gasteiger charge is -2.10. The van der Waals surface area contributed by atoms with Gasteiger partial charge in [0.25, 0.3) is 5.91 Å². The number of carbonyl (C=O) groups is 1. The first kappa shape index (κ1) is 15.5. The van der Waals surface area contributed by atoms with Crippen LogP contribution in [0.15, 0.2) is 36.4 Å². The number of nitrogens with one attached hydrogen (secondary N) is 1. The number of hydrogen-bond donors (Lipinski definition) is 2. The third-order valence-electron chi connectivity index (χ3n) is 3.78. The van der Waals surface area contributed by atoms with E-state index in [4.69, 9.17) is 26.8 Å². The summed E-state index contributed by atoms with van der Waals surface area (Å²) in [5.41, 5.74) is 6.88. The second kappa shape index (κ2) is 6.10. The molecule has 0 radical (unpaired) electrons.